The maximum absolute atomic E-state index is 6.00. The fourth-order valence-electron chi connectivity index (χ4n) is 2.01. The highest BCUT2D eigenvalue weighted by molar-refractivity contribution is 9.10. The zero-order chi connectivity index (χ0) is 15.2. The normalized spacial score (nSPS) is 12.0. The van der Waals surface area contributed by atoms with Gasteiger partial charge in [0, 0.05) is 6.04 Å². The van der Waals surface area contributed by atoms with Gasteiger partial charge in [0.1, 0.15) is 18.1 Å². The molecular formula is C17H20BrNO2. The fourth-order valence-corrected chi connectivity index (χ4v) is 2.60. The molecule has 0 fully saturated rings. The van der Waals surface area contributed by atoms with Crippen LogP contribution in [0.15, 0.2) is 46.9 Å². The number of methoxy groups -OCH3 is 1. The molecule has 0 unspecified atom stereocenters. The van der Waals surface area contributed by atoms with Crippen LogP contribution in [0.4, 0.5) is 0 Å². The lowest BCUT2D eigenvalue weighted by Gasteiger charge is -2.11. The minimum Gasteiger partial charge on any atom is -0.496 e. The Kier molecular flexibility index (Phi) is 5.65. The van der Waals surface area contributed by atoms with Gasteiger partial charge in [-0.05, 0) is 57.7 Å². The van der Waals surface area contributed by atoms with Crippen molar-refractivity contribution < 1.29 is 9.47 Å². The Balaban J connectivity index is 1.98. The van der Waals surface area contributed by atoms with Gasteiger partial charge in [-0.2, -0.15) is 0 Å². The summed E-state index contributed by atoms with van der Waals surface area (Å²) in [5.74, 6) is 1.66. The lowest BCUT2D eigenvalue weighted by atomic mass is 10.1. The van der Waals surface area contributed by atoms with Gasteiger partial charge >= 0.3 is 0 Å². The van der Waals surface area contributed by atoms with E-state index < -0.39 is 0 Å². The van der Waals surface area contributed by atoms with E-state index >= 15 is 0 Å². The van der Waals surface area contributed by atoms with Crippen molar-refractivity contribution in [2.45, 2.75) is 26.0 Å². The Morgan fingerprint density at radius 3 is 2.43 bits per heavy atom. The number of nitrogens with two attached hydrogens (primary N) is 1. The van der Waals surface area contributed by atoms with E-state index in [9.17, 15) is 0 Å². The highest BCUT2D eigenvalue weighted by Gasteiger charge is 2.04. The molecule has 21 heavy (non-hydrogen) atoms. The molecule has 2 rings (SSSR count). The van der Waals surface area contributed by atoms with Crippen LogP contribution in [-0.4, -0.2) is 7.11 Å². The number of hydrogen-bond acceptors (Lipinski definition) is 3. The van der Waals surface area contributed by atoms with Crippen molar-refractivity contribution in [3.05, 3.63) is 58.1 Å². The smallest absolute Gasteiger partial charge is 0.133 e. The molecule has 0 saturated heterocycles. The van der Waals surface area contributed by atoms with Gasteiger partial charge < -0.3 is 15.2 Å². The van der Waals surface area contributed by atoms with Gasteiger partial charge in [0.25, 0.3) is 0 Å². The average molecular weight is 350 g/mol. The quantitative estimate of drug-likeness (QED) is 0.837. The topological polar surface area (TPSA) is 44.5 Å². The summed E-state index contributed by atoms with van der Waals surface area (Å²) in [6.07, 6.45) is 0.931. The van der Waals surface area contributed by atoms with Crippen LogP contribution >= 0.6 is 15.9 Å². The lowest BCUT2D eigenvalue weighted by Crippen LogP contribution is -2.08. The molecule has 0 aliphatic heterocycles. The molecule has 0 amide bonds. The molecule has 2 aromatic carbocycles. The minimum absolute atomic E-state index is 0.0941. The molecule has 0 aromatic heterocycles. The Hall–Kier alpha value is -1.52. The summed E-state index contributed by atoms with van der Waals surface area (Å²) in [6.45, 7) is 2.60. The molecule has 0 aliphatic carbocycles. The number of halogens is 1. The van der Waals surface area contributed by atoms with Crippen molar-refractivity contribution in [3.8, 4) is 11.5 Å². The molecule has 4 heteroatoms. The largest absolute Gasteiger partial charge is 0.496 e. The van der Waals surface area contributed by atoms with Crippen LogP contribution < -0.4 is 15.2 Å². The predicted molar refractivity (Wildman–Crippen MR) is 88.7 cm³/mol. The van der Waals surface area contributed by atoms with Gasteiger partial charge in [0.05, 0.1) is 11.6 Å². The molecule has 0 heterocycles. The van der Waals surface area contributed by atoms with E-state index in [1.165, 1.54) is 0 Å². The highest BCUT2D eigenvalue weighted by atomic mass is 79.9. The number of benzene rings is 2. The van der Waals surface area contributed by atoms with Gasteiger partial charge in [-0.1, -0.05) is 25.1 Å². The van der Waals surface area contributed by atoms with Crippen molar-refractivity contribution in [1.29, 1.82) is 0 Å². The maximum Gasteiger partial charge on any atom is 0.133 e. The summed E-state index contributed by atoms with van der Waals surface area (Å²) in [5, 5.41) is 0. The number of hydrogen-bond donors (Lipinski definition) is 1. The van der Waals surface area contributed by atoms with E-state index in [4.69, 9.17) is 15.2 Å². The van der Waals surface area contributed by atoms with Crippen LogP contribution in [0.5, 0.6) is 11.5 Å². The summed E-state index contributed by atoms with van der Waals surface area (Å²) < 4.78 is 11.9. The van der Waals surface area contributed by atoms with Crippen molar-refractivity contribution in [2.75, 3.05) is 7.11 Å². The third-order valence-corrected chi connectivity index (χ3v) is 3.99. The molecule has 0 bridgehead atoms. The second kappa shape index (κ2) is 7.48. The summed E-state index contributed by atoms with van der Waals surface area (Å²) in [4.78, 5) is 0. The third kappa shape index (κ3) is 4.22. The highest BCUT2D eigenvalue weighted by Crippen LogP contribution is 2.26. The molecule has 0 saturated carbocycles. The second-order valence-corrected chi connectivity index (χ2v) is 5.70. The first-order valence-corrected chi connectivity index (χ1v) is 7.74. The van der Waals surface area contributed by atoms with E-state index in [-0.39, 0.29) is 6.04 Å². The Morgan fingerprint density at radius 1 is 1.14 bits per heavy atom. The van der Waals surface area contributed by atoms with Crippen LogP contribution in [0.2, 0.25) is 0 Å². The molecule has 2 N–H and O–H groups in total. The Labute approximate surface area is 134 Å². The number of rotatable bonds is 6. The molecule has 0 radical (unpaired) electrons. The zero-order valence-electron chi connectivity index (χ0n) is 12.3. The lowest BCUT2D eigenvalue weighted by molar-refractivity contribution is 0.305. The molecule has 112 valence electrons. The number of ether oxygens (including phenoxy) is 2. The Bertz CT molecular complexity index is 584. The molecule has 0 spiro atoms. The van der Waals surface area contributed by atoms with E-state index in [2.05, 4.69) is 22.9 Å². The van der Waals surface area contributed by atoms with Gasteiger partial charge in [-0.25, -0.2) is 0 Å². The monoisotopic (exact) mass is 349 g/mol. The molecule has 2 aromatic rings. The van der Waals surface area contributed by atoms with Crippen LogP contribution in [0.1, 0.15) is 30.5 Å². The van der Waals surface area contributed by atoms with Crippen LogP contribution in [0.3, 0.4) is 0 Å². The Morgan fingerprint density at radius 2 is 1.86 bits per heavy atom. The maximum atomic E-state index is 6.00. The van der Waals surface area contributed by atoms with Crippen LogP contribution in [-0.2, 0) is 6.61 Å². The SMILES string of the molecule is CC[C@@H](N)c1ccc(OCc2ccc(OC)c(Br)c2)cc1. The fraction of sp³-hybridized carbons (Fsp3) is 0.294. The summed E-state index contributed by atoms with van der Waals surface area (Å²) in [6, 6.07) is 14.0. The molecule has 3 nitrogen and oxygen atoms in total. The minimum atomic E-state index is 0.0941. The first-order chi connectivity index (χ1) is 10.1. The van der Waals surface area contributed by atoms with E-state index in [1.807, 2.05) is 42.5 Å². The first kappa shape index (κ1) is 15.9. The molecular weight excluding hydrogens is 330 g/mol. The van der Waals surface area contributed by atoms with Gasteiger partial charge in [0.2, 0.25) is 0 Å². The van der Waals surface area contributed by atoms with Gasteiger partial charge in [-0.3, -0.25) is 0 Å². The van der Waals surface area contributed by atoms with Gasteiger partial charge in [0.15, 0.2) is 0 Å². The van der Waals surface area contributed by atoms with Crippen molar-refractivity contribution in [3.63, 3.8) is 0 Å². The van der Waals surface area contributed by atoms with Crippen molar-refractivity contribution >= 4 is 15.9 Å². The van der Waals surface area contributed by atoms with Crippen molar-refractivity contribution in [2.24, 2.45) is 5.73 Å². The summed E-state index contributed by atoms with van der Waals surface area (Å²) >= 11 is 3.47. The van der Waals surface area contributed by atoms with Gasteiger partial charge in [-0.15, -0.1) is 0 Å². The zero-order valence-corrected chi connectivity index (χ0v) is 13.9. The van der Waals surface area contributed by atoms with Crippen LogP contribution in [0.25, 0.3) is 0 Å². The summed E-state index contributed by atoms with van der Waals surface area (Å²) in [7, 11) is 1.65. The predicted octanol–water partition coefficient (Wildman–Crippen LogP) is 4.45. The van der Waals surface area contributed by atoms with E-state index in [1.54, 1.807) is 7.11 Å². The molecule has 1 atom stereocenters. The summed E-state index contributed by atoms with van der Waals surface area (Å²) in [5.41, 5.74) is 8.21. The molecule has 0 aliphatic rings. The van der Waals surface area contributed by atoms with Crippen LogP contribution in [0, 0.1) is 0 Å². The third-order valence-electron chi connectivity index (χ3n) is 3.37. The first-order valence-electron chi connectivity index (χ1n) is 6.94. The average Bonchev–Trinajstić information content (AvgIpc) is 2.52. The van der Waals surface area contributed by atoms with E-state index in [0.29, 0.717) is 6.61 Å². The second-order valence-electron chi connectivity index (χ2n) is 4.84. The van der Waals surface area contributed by atoms with E-state index in [0.717, 1.165) is 33.5 Å². The standard InChI is InChI=1S/C17H20BrNO2/c1-3-16(19)13-5-7-14(8-6-13)21-11-12-4-9-17(20-2)15(18)10-12/h4-10,16H,3,11,19H2,1-2H3/t16-/m1/s1. The van der Waals surface area contributed by atoms with Crippen molar-refractivity contribution in [1.82, 2.24) is 0 Å².